The summed E-state index contributed by atoms with van der Waals surface area (Å²) in [6.07, 6.45) is 6.62. The van der Waals surface area contributed by atoms with E-state index in [0.29, 0.717) is 30.4 Å². The van der Waals surface area contributed by atoms with Crippen LogP contribution < -0.4 is 10.1 Å². The molecule has 4 heteroatoms. The molecule has 1 amide bonds. The number of hydrogen-bond donors (Lipinski definition) is 1. The second kappa shape index (κ2) is 7.20. The highest BCUT2D eigenvalue weighted by molar-refractivity contribution is 5.81. The van der Waals surface area contributed by atoms with Crippen LogP contribution in [0.5, 0.6) is 5.75 Å². The van der Waals surface area contributed by atoms with Crippen LogP contribution in [0, 0.1) is 11.8 Å². The van der Waals surface area contributed by atoms with Gasteiger partial charge in [-0.3, -0.25) is 4.79 Å². The van der Waals surface area contributed by atoms with Crippen molar-refractivity contribution >= 4 is 12.0 Å². The van der Waals surface area contributed by atoms with Gasteiger partial charge in [-0.15, -0.1) is 0 Å². The highest BCUT2D eigenvalue weighted by Gasteiger charge is 2.37. The Morgan fingerprint density at radius 2 is 2.12 bits per heavy atom. The highest BCUT2D eigenvalue weighted by atomic mass is 16.5. The van der Waals surface area contributed by atoms with Gasteiger partial charge in [-0.1, -0.05) is 31.5 Å². The van der Waals surface area contributed by atoms with E-state index in [4.69, 9.17) is 4.74 Å². The molecule has 1 N–H and O–H groups in total. The molecule has 0 aromatic heterocycles. The summed E-state index contributed by atoms with van der Waals surface area (Å²) < 4.78 is 5.85. The zero-order chi connectivity index (χ0) is 17.2. The summed E-state index contributed by atoms with van der Waals surface area (Å²) in [6.45, 7) is 5.60. The fraction of sp³-hybridized carbons (Fsp3) is 0.571. The van der Waals surface area contributed by atoms with Gasteiger partial charge in [0.25, 0.3) is 0 Å². The van der Waals surface area contributed by atoms with E-state index in [1.807, 2.05) is 12.1 Å². The Morgan fingerprint density at radius 1 is 1.28 bits per heavy atom. The first-order valence-electron chi connectivity index (χ1n) is 9.68. The van der Waals surface area contributed by atoms with Crippen LogP contribution in [0.25, 0.3) is 6.08 Å². The predicted octanol–water partition coefficient (Wildman–Crippen LogP) is 3.09. The third-order valence-electron chi connectivity index (χ3n) is 5.78. The molecule has 1 saturated carbocycles. The number of fused-ring (bicyclic) bond motifs is 1. The highest BCUT2D eigenvalue weighted by Crippen LogP contribution is 2.33. The van der Waals surface area contributed by atoms with Gasteiger partial charge >= 0.3 is 0 Å². The van der Waals surface area contributed by atoms with Gasteiger partial charge in [-0.05, 0) is 42.9 Å². The third-order valence-corrected chi connectivity index (χ3v) is 5.78. The molecule has 134 valence electrons. The lowest BCUT2D eigenvalue weighted by atomic mass is 9.89. The summed E-state index contributed by atoms with van der Waals surface area (Å²) in [5.74, 6) is 2.27. The van der Waals surface area contributed by atoms with E-state index >= 15 is 0 Å². The molecule has 0 spiro atoms. The maximum absolute atomic E-state index is 12.3. The standard InChI is InChI=1S/C21H28N2O2/c1-2-16-13-23(21(24)17-7-8-17)10-9-19(16)22-12-15-11-18-5-3-4-6-20(18)25-14-15/h3-6,11,16-17,19,22H,2,7-10,12-14H2,1H3. The quantitative estimate of drug-likeness (QED) is 0.895. The second-order valence-corrected chi connectivity index (χ2v) is 7.63. The number of ether oxygens (including phenoxy) is 1. The fourth-order valence-corrected chi connectivity index (χ4v) is 4.03. The molecule has 4 rings (SSSR count). The third kappa shape index (κ3) is 3.74. The molecular formula is C21H28N2O2. The number of nitrogens with zero attached hydrogens (tertiary/aromatic N) is 1. The van der Waals surface area contributed by atoms with Gasteiger partial charge in [0.15, 0.2) is 0 Å². The van der Waals surface area contributed by atoms with Crippen molar-refractivity contribution in [3.63, 3.8) is 0 Å². The number of benzene rings is 1. The Bertz CT molecular complexity index is 666. The van der Waals surface area contributed by atoms with Gasteiger partial charge in [0, 0.05) is 37.2 Å². The van der Waals surface area contributed by atoms with E-state index in [-0.39, 0.29) is 0 Å². The Morgan fingerprint density at radius 3 is 2.92 bits per heavy atom. The first kappa shape index (κ1) is 16.6. The van der Waals surface area contributed by atoms with Crippen LogP contribution in [0.2, 0.25) is 0 Å². The minimum atomic E-state index is 0.339. The summed E-state index contributed by atoms with van der Waals surface area (Å²) in [5, 5.41) is 3.74. The summed E-state index contributed by atoms with van der Waals surface area (Å²) in [6, 6.07) is 8.68. The molecular weight excluding hydrogens is 312 g/mol. The Labute approximate surface area is 150 Å². The van der Waals surface area contributed by atoms with Crippen LogP contribution in [0.4, 0.5) is 0 Å². The van der Waals surface area contributed by atoms with Gasteiger partial charge in [0.05, 0.1) is 0 Å². The zero-order valence-corrected chi connectivity index (χ0v) is 15.0. The molecule has 2 atom stereocenters. The minimum absolute atomic E-state index is 0.339. The number of rotatable bonds is 5. The normalized spacial score (nSPS) is 25.8. The van der Waals surface area contributed by atoms with Crippen molar-refractivity contribution in [2.75, 3.05) is 26.2 Å². The molecule has 1 aromatic rings. The van der Waals surface area contributed by atoms with E-state index in [9.17, 15) is 4.79 Å². The summed E-state index contributed by atoms with van der Waals surface area (Å²) >= 11 is 0. The second-order valence-electron chi connectivity index (χ2n) is 7.63. The Hall–Kier alpha value is -1.81. The lowest BCUT2D eigenvalue weighted by Crippen LogP contribution is -2.51. The molecule has 3 aliphatic rings. The molecule has 25 heavy (non-hydrogen) atoms. The number of hydrogen-bond acceptors (Lipinski definition) is 3. The summed E-state index contributed by atoms with van der Waals surface area (Å²) in [4.78, 5) is 14.4. The van der Waals surface area contributed by atoms with E-state index in [1.54, 1.807) is 0 Å². The SMILES string of the molecule is CCC1CN(C(=O)C2CC2)CCC1NCC1=Cc2ccccc2OC1. The molecule has 2 aliphatic heterocycles. The van der Waals surface area contributed by atoms with Crippen molar-refractivity contribution in [1.82, 2.24) is 10.2 Å². The van der Waals surface area contributed by atoms with E-state index < -0.39 is 0 Å². The molecule has 4 nitrogen and oxygen atoms in total. The number of nitrogens with one attached hydrogen (secondary N) is 1. The molecule has 1 aromatic carbocycles. The number of piperidine rings is 1. The van der Waals surface area contributed by atoms with E-state index in [0.717, 1.165) is 51.1 Å². The number of carbonyl (C=O) groups excluding carboxylic acids is 1. The lowest BCUT2D eigenvalue weighted by Gasteiger charge is -2.39. The van der Waals surface area contributed by atoms with Crippen LogP contribution in [0.3, 0.4) is 0 Å². The minimum Gasteiger partial charge on any atom is -0.489 e. The average Bonchev–Trinajstić information content (AvgIpc) is 3.50. The largest absolute Gasteiger partial charge is 0.489 e. The van der Waals surface area contributed by atoms with Crippen LogP contribution in [0.1, 0.15) is 38.2 Å². The van der Waals surface area contributed by atoms with Crippen molar-refractivity contribution in [2.45, 2.75) is 38.6 Å². The van der Waals surface area contributed by atoms with Gasteiger partial charge in [-0.25, -0.2) is 0 Å². The molecule has 0 bridgehead atoms. The van der Waals surface area contributed by atoms with Gasteiger partial charge in [0.1, 0.15) is 12.4 Å². The number of carbonyl (C=O) groups is 1. The smallest absolute Gasteiger partial charge is 0.225 e. The van der Waals surface area contributed by atoms with Crippen molar-refractivity contribution in [2.24, 2.45) is 11.8 Å². The number of likely N-dealkylation sites (tertiary alicyclic amines) is 1. The Balaban J connectivity index is 1.33. The van der Waals surface area contributed by atoms with Crippen LogP contribution in [0.15, 0.2) is 29.8 Å². The molecule has 1 aliphatic carbocycles. The van der Waals surface area contributed by atoms with Gasteiger partial charge in [0.2, 0.25) is 5.91 Å². The first-order chi connectivity index (χ1) is 12.2. The van der Waals surface area contributed by atoms with Crippen molar-refractivity contribution in [3.05, 3.63) is 35.4 Å². The van der Waals surface area contributed by atoms with E-state index in [1.165, 1.54) is 11.1 Å². The topological polar surface area (TPSA) is 41.6 Å². The first-order valence-corrected chi connectivity index (χ1v) is 9.68. The Kier molecular flexibility index (Phi) is 4.80. The maximum atomic E-state index is 12.3. The number of para-hydroxylation sites is 1. The monoisotopic (exact) mass is 340 g/mol. The fourth-order valence-electron chi connectivity index (χ4n) is 4.03. The van der Waals surface area contributed by atoms with Crippen LogP contribution in [-0.2, 0) is 4.79 Å². The molecule has 0 radical (unpaired) electrons. The molecule has 1 saturated heterocycles. The number of amides is 1. The maximum Gasteiger partial charge on any atom is 0.225 e. The van der Waals surface area contributed by atoms with Gasteiger partial charge in [-0.2, -0.15) is 0 Å². The van der Waals surface area contributed by atoms with Crippen molar-refractivity contribution in [1.29, 1.82) is 0 Å². The van der Waals surface area contributed by atoms with E-state index in [2.05, 4.69) is 35.3 Å². The lowest BCUT2D eigenvalue weighted by molar-refractivity contribution is -0.134. The van der Waals surface area contributed by atoms with Gasteiger partial charge < -0.3 is 15.0 Å². The molecule has 2 heterocycles. The van der Waals surface area contributed by atoms with Crippen molar-refractivity contribution < 1.29 is 9.53 Å². The van der Waals surface area contributed by atoms with Crippen LogP contribution in [-0.4, -0.2) is 43.1 Å². The van der Waals surface area contributed by atoms with Crippen molar-refractivity contribution in [3.8, 4) is 5.75 Å². The zero-order valence-electron chi connectivity index (χ0n) is 15.0. The average molecular weight is 340 g/mol. The predicted molar refractivity (Wildman–Crippen MR) is 99.4 cm³/mol. The molecule has 2 unspecified atom stereocenters. The van der Waals surface area contributed by atoms with Crippen LogP contribution >= 0.6 is 0 Å². The summed E-state index contributed by atoms with van der Waals surface area (Å²) in [5.41, 5.74) is 2.47. The summed E-state index contributed by atoms with van der Waals surface area (Å²) in [7, 11) is 0. The molecule has 2 fully saturated rings.